The fourth-order valence-corrected chi connectivity index (χ4v) is 0. The summed E-state index contributed by atoms with van der Waals surface area (Å²) in [5.74, 6) is 0. The number of hydrogen-bond acceptors (Lipinski definition) is 1. The summed E-state index contributed by atoms with van der Waals surface area (Å²) in [6, 6.07) is 0. The van der Waals surface area contributed by atoms with Crippen molar-refractivity contribution in [3.8, 4) is 0 Å². The van der Waals surface area contributed by atoms with Crippen LogP contribution in [-0.2, 0) is 4.79 Å². The molecule has 4 heteroatoms. The van der Waals surface area contributed by atoms with Crippen LogP contribution in [0.1, 0.15) is 0 Å². The molecule has 0 aromatic heterocycles. The van der Waals surface area contributed by atoms with Crippen molar-refractivity contribution in [1.29, 1.82) is 0 Å². The van der Waals surface area contributed by atoms with Crippen molar-refractivity contribution in [2.24, 2.45) is 0 Å². The molecule has 1 amide bonds. The van der Waals surface area contributed by atoms with E-state index in [1.165, 1.54) is 4.90 Å². The molecule has 7 heavy (non-hydrogen) atoms. The lowest BCUT2D eigenvalue weighted by atomic mass is 11.0. The van der Waals surface area contributed by atoms with Crippen LogP contribution >= 0.6 is 10.0 Å². The topological polar surface area (TPSA) is 20.3 Å². The van der Waals surface area contributed by atoms with Gasteiger partial charge in [0.15, 0.2) is 0 Å². The highest BCUT2D eigenvalue weighted by Gasteiger charge is 1.68. The Kier molecular flexibility index (Phi) is 14.1. The van der Waals surface area contributed by atoms with Gasteiger partial charge in [0.2, 0.25) is 6.41 Å². The van der Waals surface area contributed by atoms with Crippen LogP contribution in [0.5, 0.6) is 0 Å². The van der Waals surface area contributed by atoms with Gasteiger partial charge < -0.3 is 4.90 Å². The maximum atomic E-state index is 9.43. The molecule has 2 nitrogen and oxygen atoms in total. The van der Waals surface area contributed by atoms with E-state index in [2.05, 4.69) is 0 Å². The molecule has 0 aliphatic heterocycles. The zero-order valence-corrected chi connectivity index (χ0v) is 7.57. The summed E-state index contributed by atoms with van der Waals surface area (Å²) in [4.78, 5) is 10.9. The molecule has 0 aromatic carbocycles. The van der Waals surface area contributed by atoms with Crippen molar-refractivity contribution in [1.82, 2.24) is 4.90 Å². The maximum Gasteiger partial charge on any atom is 0.353 e. The predicted octanol–water partition coefficient (Wildman–Crippen LogP) is -0.522. The van der Waals surface area contributed by atoms with Gasteiger partial charge in [-0.15, -0.1) is 0 Å². The van der Waals surface area contributed by atoms with Gasteiger partial charge in [0.1, 0.15) is 0 Å². The predicted molar refractivity (Wildman–Crippen MR) is 34.1 cm³/mol. The van der Waals surface area contributed by atoms with E-state index in [0.29, 0.717) is 0 Å². The highest BCUT2D eigenvalue weighted by molar-refractivity contribution is 6.80. The van der Waals surface area contributed by atoms with Crippen LogP contribution < -0.4 is 0 Å². The van der Waals surface area contributed by atoms with Gasteiger partial charge in [-0.25, -0.2) is 0 Å². The van der Waals surface area contributed by atoms with Gasteiger partial charge in [-0.2, -0.15) is 0 Å². The van der Waals surface area contributed by atoms with Crippen LogP contribution in [0, 0.1) is 0 Å². The molecule has 0 aliphatic carbocycles. The molecule has 0 fully saturated rings. The van der Waals surface area contributed by atoms with Gasteiger partial charge in [0.25, 0.3) is 0 Å². The molecule has 0 aliphatic rings. The Morgan fingerprint density at radius 2 is 1.71 bits per heavy atom. The molecule has 0 bridgehead atoms. The summed E-state index contributed by atoms with van der Waals surface area (Å²) in [7, 11) is 8.15. The standard InChI is InChI=1S/C3H7NO.Al.ClH.2H/c1-4(2)3-5;;;;/h3H,1-2H3;;1H;;/q;+1;;;/p-1. The highest BCUT2D eigenvalue weighted by Crippen LogP contribution is 1.52. The van der Waals surface area contributed by atoms with Crippen molar-refractivity contribution in [2.45, 2.75) is 0 Å². The molecule has 0 rings (SSSR count). The quantitative estimate of drug-likeness (QED) is 0.352. The second-order valence-electron chi connectivity index (χ2n) is 1.07. The molecule has 0 atom stereocenters. The lowest BCUT2D eigenvalue weighted by Gasteiger charge is -1.93. The first-order valence-corrected chi connectivity index (χ1v) is 4.79. The zero-order valence-electron chi connectivity index (χ0n) is 4.81. The molecule has 0 saturated heterocycles. The minimum atomic E-state index is 0.750. The summed E-state index contributed by atoms with van der Waals surface area (Å²) in [5, 5.41) is 0. The van der Waals surface area contributed by atoms with E-state index in [1.807, 2.05) is 0 Å². The fraction of sp³-hybridized carbons (Fsp3) is 0.667. The third-order valence-corrected chi connectivity index (χ3v) is 0.211. The Labute approximate surface area is 56.1 Å². The molecular weight excluding hydrogens is 128 g/mol. The summed E-state index contributed by atoms with van der Waals surface area (Å²) < 4.78 is 0. The van der Waals surface area contributed by atoms with E-state index >= 15 is 0 Å². The van der Waals surface area contributed by atoms with Crippen LogP contribution in [-0.4, -0.2) is 40.8 Å². The Hall–Kier alpha value is 0.292. The Morgan fingerprint density at radius 1 is 1.57 bits per heavy atom. The largest absolute Gasteiger partial charge is 0.353 e. The highest BCUT2D eigenvalue weighted by atomic mass is 35.6. The average molecular weight is 138 g/mol. The summed E-state index contributed by atoms with van der Waals surface area (Å²) >= 11 is 0.778. The molecular formula is C3H9AlClNO. The second-order valence-corrected chi connectivity index (χ2v) is 1.07. The Bertz CT molecular complexity index is 41.9. The minimum Gasteiger partial charge on any atom is -0.351 e. The second kappa shape index (κ2) is 9.57. The summed E-state index contributed by atoms with van der Waals surface area (Å²) in [6.45, 7) is 0. The number of nitrogens with zero attached hydrogens (tertiary/aromatic N) is 1. The summed E-state index contributed by atoms with van der Waals surface area (Å²) in [5.41, 5.74) is 0. The third kappa shape index (κ3) is 22.1. The lowest BCUT2D eigenvalue weighted by molar-refractivity contribution is -0.115. The van der Waals surface area contributed by atoms with Crippen molar-refractivity contribution < 1.29 is 4.79 Å². The van der Waals surface area contributed by atoms with Crippen molar-refractivity contribution in [3.05, 3.63) is 0 Å². The zero-order chi connectivity index (χ0) is 6.28. The van der Waals surface area contributed by atoms with Crippen LogP contribution in [0.2, 0.25) is 0 Å². The third-order valence-electron chi connectivity index (χ3n) is 0.211. The first-order valence-electron chi connectivity index (χ1n) is 1.77. The van der Waals surface area contributed by atoms with Crippen molar-refractivity contribution in [2.75, 3.05) is 14.1 Å². The molecule has 42 valence electrons. The van der Waals surface area contributed by atoms with Crippen LogP contribution in [0.15, 0.2) is 0 Å². The monoisotopic (exact) mass is 137 g/mol. The number of hydrogen-bond donors (Lipinski definition) is 0. The van der Waals surface area contributed by atoms with Crippen LogP contribution in [0.25, 0.3) is 0 Å². The number of rotatable bonds is 1. The molecule has 0 unspecified atom stereocenters. The Morgan fingerprint density at radius 3 is 1.71 bits per heavy atom. The summed E-state index contributed by atoms with van der Waals surface area (Å²) in [6.07, 6.45) is 0.750. The van der Waals surface area contributed by atoms with Gasteiger partial charge in [-0.1, -0.05) is 0 Å². The molecule has 0 radical (unpaired) electrons. The molecule has 0 saturated carbocycles. The number of amides is 1. The molecule has 0 aromatic rings. The first-order chi connectivity index (χ1) is 3.27. The molecule has 0 N–H and O–H groups in total. The van der Waals surface area contributed by atoms with E-state index in [0.717, 1.165) is 21.8 Å². The normalized spacial score (nSPS) is 5.57. The van der Waals surface area contributed by atoms with E-state index < -0.39 is 0 Å². The van der Waals surface area contributed by atoms with Crippen molar-refractivity contribution >= 4 is 31.8 Å². The van der Waals surface area contributed by atoms with Gasteiger partial charge >= 0.3 is 15.4 Å². The van der Waals surface area contributed by atoms with Crippen molar-refractivity contribution in [3.63, 3.8) is 0 Å². The number of halogens is 1. The smallest absolute Gasteiger partial charge is 0.351 e. The fourth-order valence-electron chi connectivity index (χ4n) is 0. The lowest BCUT2D eigenvalue weighted by Crippen LogP contribution is -2.06. The molecule has 0 heterocycles. The SMILES string of the molecule is CN(C)C=O.[AlH2][Cl]. The van der Waals surface area contributed by atoms with Gasteiger partial charge in [-0.3, -0.25) is 14.8 Å². The van der Waals surface area contributed by atoms with E-state index in [1.54, 1.807) is 14.1 Å². The van der Waals surface area contributed by atoms with Gasteiger partial charge in [0.05, 0.1) is 0 Å². The van der Waals surface area contributed by atoms with Crippen LogP contribution in [0.3, 0.4) is 0 Å². The minimum absolute atomic E-state index is 0.750. The van der Waals surface area contributed by atoms with Gasteiger partial charge in [-0.05, 0) is 0 Å². The molecule has 0 spiro atoms. The number of carbonyl (C=O) groups excluding carboxylic acids is 1. The first kappa shape index (κ1) is 10.3. The maximum absolute atomic E-state index is 9.43. The van der Waals surface area contributed by atoms with E-state index in [-0.39, 0.29) is 0 Å². The number of carbonyl (C=O) groups is 1. The van der Waals surface area contributed by atoms with E-state index in [9.17, 15) is 4.79 Å². The Balaban J connectivity index is 0. The van der Waals surface area contributed by atoms with Crippen LogP contribution in [0.4, 0.5) is 0 Å². The van der Waals surface area contributed by atoms with Gasteiger partial charge in [0, 0.05) is 14.1 Å². The average Bonchev–Trinajstić information content (AvgIpc) is 1.73. The van der Waals surface area contributed by atoms with E-state index in [4.69, 9.17) is 10.0 Å².